The fourth-order valence-corrected chi connectivity index (χ4v) is 2.25. The minimum absolute atomic E-state index is 0.0179. The van der Waals surface area contributed by atoms with Crippen molar-refractivity contribution in [3.05, 3.63) is 29.6 Å². The number of methoxy groups -OCH3 is 1. The Morgan fingerprint density at radius 1 is 1.41 bits per heavy atom. The number of aliphatic carboxylic acids is 1. The van der Waals surface area contributed by atoms with Gasteiger partial charge < -0.3 is 20.1 Å². The first-order valence-corrected chi connectivity index (χ1v) is 6.59. The number of carboxylic acids is 1. The zero-order chi connectivity index (χ0) is 16.3. The van der Waals surface area contributed by atoms with Crippen LogP contribution in [0.2, 0.25) is 0 Å². The second kappa shape index (κ2) is 6.42. The highest BCUT2D eigenvalue weighted by Crippen LogP contribution is 2.21. The third-order valence-electron chi connectivity index (χ3n) is 3.45. The van der Waals surface area contributed by atoms with E-state index in [1.807, 2.05) is 0 Å². The summed E-state index contributed by atoms with van der Waals surface area (Å²) >= 11 is 0. The Hall–Kier alpha value is -2.64. The highest BCUT2D eigenvalue weighted by molar-refractivity contribution is 6.01. The number of carboxylic acid groups (broad SMARTS) is 1. The summed E-state index contributed by atoms with van der Waals surface area (Å²) in [6.45, 7) is 0.357. The van der Waals surface area contributed by atoms with Crippen molar-refractivity contribution >= 4 is 23.7 Å². The van der Waals surface area contributed by atoms with Gasteiger partial charge in [0.05, 0.1) is 24.3 Å². The zero-order valence-electron chi connectivity index (χ0n) is 11.8. The van der Waals surface area contributed by atoms with Crippen LogP contribution >= 0.6 is 0 Å². The molecule has 7 nitrogen and oxygen atoms in total. The monoisotopic (exact) mass is 310 g/mol. The molecule has 1 heterocycles. The number of ether oxygens (including phenoxy) is 1. The van der Waals surface area contributed by atoms with E-state index in [2.05, 4.69) is 10.1 Å². The van der Waals surface area contributed by atoms with Crippen LogP contribution in [0.1, 0.15) is 16.8 Å². The molecule has 1 atom stereocenters. The highest BCUT2D eigenvalue weighted by Gasteiger charge is 2.31. The molecule has 0 aromatic heterocycles. The van der Waals surface area contributed by atoms with Crippen molar-refractivity contribution in [1.82, 2.24) is 4.90 Å². The van der Waals surface area contributed by atoms with Crippen molar-refractivity contribution in [2.75, 3.05) is 25.5 Å². The van der Waals surface area contributed by atoms with Gasteiger partial charge in [-0.05, 0) is 24.6 Å². The molecule has 1 fully saturated rings. The molecule has 0 bridgehead atoms. The Labute approximate surface area is 125 Å². The van der Waals surface area contributed by atoms with Gasteiger partial charge in [0.15, 0.2) is 0 Å². The number of carbonyl (C=O) groups is 3. The van der Waals surface area contributed by atoms with Gasteiger partial charge in [0, 0.05) is 13.1 Å². The summed E-state index contributed by atoms with van der Waals surface area (Å²) < 4.78 is 17.9. The normalized spacial score (nSPS) is 17.2. The van der Waals surface area contributed by atoms with Gasteiger partial charge in [0.2, 0.25) is 0 Å². The molecule has 22 heavy (non-hydrogen) atoms. The summed E-state index contributed by atoms with van der Waals surface area (Å²) in [6.07, 6.45) is 0.357. The third-order valence-corrected chi connectivity index (χ3v) is 3.45. The van der Waals surface area contributed by atoms with E-state index in [0.29, 0.717) is 6.42 Å². The van der Waals surface area contributed by atoms with Crippen LogP contribution in [-0.4, -0.2) is 48.2 Å². The Balaban J connectivity index is 2.13. The summed E-state index contributed by atoms with van der Waals surface area (Å²) in [5, 5.41) is 11.3. The molecule has 1 aliphatic rings. The molecule has 1 unspecified atom stereocenters. The quantitative estimate of drug-likeness (QED) is 0.826. The standard InChI is InChI=1S/C14H15FN2O5/c1-22-13(20)10-3-2-9(15)6-11(10)16-14(21)17-5-4-8(7-17)12(18)19/h2-3,6,8H,4-5,7H2,1H3,(H,16,21)(H,18,19). The molecule has 118 valence electrons. The Morgan fingerprint density at radius 3 is 2.73 bits per heavy atom. The average molecular weight is 310 g/mol. The molecule has 2 rings (SSSR count). The first-order valence-electron chi connectivity index (χ1n) is 6.59. The number of hydrogen-bond acceptors (Lipinski definition) is 4. The summed E-state index contributed by atoms with van der Waals surface area (Å²) in [7, 11) is 1.18. The lowest BCUT2D eigenvalue weighted by Crippen LogP contribution is -2.34. The van der Waals surface area contributed by atoms with Gasteiger partial charge in [0.25, 0.3) is 0 Å². The minimum Gasteiger partial charge on any atom is -0.481 e. The molecular weight excluding hydrogens is 295 g/mol. The van der Waals surface area contributed by atoms with Crippen LogP contribution in [-0.2, 0) is 9.53 Å². The predicted molar refractivity (Wildman–Crippen MR) is 74.1 cm³/mol. The molecular formula is C14H15FN2O5. The molecule has 2 N–H and O–H groups in total. The van der Waals surface area contributed by atoms with E-state index in [1.54, 1.807) is 0 Å². The van der Waals surface area contributed by atoms with Crippen molar-refractivity contribution < 1.29 is 28.6 Å². The molecule has 2 amide bonds. The molecule has 1 aromatic carbocycles. The molecule has 1 saturated heterocycles. The van der Waals surface area contributed by atoms with Crippen molar-refractivity contribution in [2.45, 2.75) is 6.42 Å². The van der Waals surface area contributed by atoms with Crippen LogP contribution in [0.25, 0.3) is 0 Å². The van der Waals surface area contributed by atoms with Gasteiger partial charge in [-0.25, -0.2) is 14.0 Å². The van der Waals surface area contributed by atoms with E-state index >= 15 is 0 Å². The minimum atomic E-state index is -0.962. The number of rotatable bonds is 3. The molecule has 0 radical (unpaired) electrons. The SMILES string of the molecule is COC(=O)c1ccc(F)cc1NC(=O)N1CCC(C(=O)O)C1. The van der Waals surface area contributed by atoms with Crippen LogP contribution in [0.4, 0.5) is 14.9 Å². The van der Waals surface area contributed by atoms with Gasteiger partial charge in [-0.1, -0.05) is 0 Å². The molecule has 1 aliphatic heterocycles. The van der Waals surface area contributed by atoms with Crippen molar-refractivity contribution in [2.24, 2.45) is 5.92 Å². The number of likely N-dealkylation sites (tertiary alicyclic amines) is 1. The average Bonchev–Trinajstić information content (AvgIpc) is 2.97. The van der Waals surface area contributed by atoms with E-state index in [4.69, 9.17) is 5.11 Å². The lowest BCUT2D eigenvalue weighted by molar-refractivity contribution is -0.141. The number of halogens is 1. The fourth-order valence-electron chi connectivity index (χ4n) is 2.25. The first-order chi connectivity index (χ1) is 10.4. The van der Waals surface area contributed by atoms with Crippen LogP contribution in [0.3, 0.4) is 0 Å². The number of amides is 2. The molecule has 0 aliphatic carbocycles. The Kier molecular flexibility index (Phi) is 4.59. The first kappa shape index (κ1) is 15.7. The summed E-state index contributed by atoms with van der Waals surface area (Å²) in [4.78, 5) is 35.9. The molecule has 1 aromatic rings. The summed E-state index contributed by atoms with van der Waals surface area (Å²) in [6, 6.07) is 2.72. The van der Waals surface area contributed by atoms with Crippen LogP contribution in [0.5, 0.6) is 0 Å². The van der Waals surface area contributed by atoms with Crippen molar-refractivity contribution in [3.8, 4) is 0 Å². The van der Waals surface area contributed by atoms with Crippen molar-refractivity contribution in [3.63, 3.8) is 0 Å². The lowest BCUT2D eigenvalue weighted by Gasteiger charge is -2.18. The maximum atomic E-state index is 13.3. The molecule has 8 heteroatoms. The van der Waals surface area contributed by atoms with Crippen LogP contribution < -0.4 is 5.32 Å². The van der Waals surface area contributed by atoms with E-state index in [9.17, 15) is 18.8 Å². The second-order valence-electron chi connectivity index (χ2n) is 4.88. The summed E-state index contributed by atoms with van der Waals surface area (Å²) in [5.74, 6) is -2.90. The van der Waals surface area contributed by atoms with Gasteiger partial charge >= 0.3 is 18.0 Å². The fraction of sp³-hybridized carbons (Fsp3) is 0.357. The van der Waals surface area contributed by atoms with E-state index in [-0.39, 0.29) is 24.3 Å². The zero-order valence-corrected chi connectivity index (χ0v) is 11.8. The Morgan fingerprint density at radius 2 is 2.14 bits per heavy atom. The largest absolute Gasteiger partial charge is 0.481 e. The van der Waals surface area contributed by atoms with E-state index in [1.165, 1.54) is 18.1 Å². The summed E-state index contributed by atoms with van der Waals surface area (Å²) in [5.41, 5.74) is 0.00172. The predicted octanol–water partition coefficient (Wildman–Crippen LogP) is 1.55. The van der Waals surface area contributed by atoms with Gasteiger partial charge in [0.1, 0.15) is 5.82 Å². The smallest absolute Gasteiger partial charge is 0.339 e. The van der Waals surface area contributed by atoms with Gasteiger partial charge in [-0.3, -0.25) is 4.79 Å². The number of esters is 1. The third kappa shape index (κ3) is 3.33. The number of nitrogens with zero attached hydrogens (tertiary/aromatic N) is 1. The number of carbonyl (C=O) groups excluding carboxylic acids is 2. The second-order valence-corrected chi connectivity index (χ2v) is 4.88. The van der Waals surface area contributed by atoms with E-state index < -0.39 is 29.7 Å². The number of urea groups is 1. The van der Waals surface area contributed by atoms with E-state index in [0.717, 1.165) is 12.1 Å². The topological polar surface area (TPSA) is 95.9 Å². The van der Waals surface area contributed by atoms with Gasteiger partial charge in [-0.15, -0.1) is 0 Å². The maximum Gasteiger partial charge on any atom is 0.339 e. The maximum absolute atomic E-state index is 13.3. The number of anilines is 1. The number of hydrogen-bond donors (Lipinski definition) is 2. The molecule has 0 spiro atoms. The Bertz CT molecular complexity index is 619. The van der Waals surface area contributed by atoms with Gasteiger partial charge in [-0.2, -0.15) is 0 Å². The lowest BCUT2D eigenvalue weighted by atomic mass is 10.1. The van der Waals surface area contributed by atoms with Crippen LogP contribution in [0.15, 0.2) is 18.2 Å². The number of nitrogens with one attached hydrogen (secondary N) is 1. The number of benzene rings is 1. The van der Waals surface area contributed by atoms with Crippen molar-refractivity contribution in [1.29, 1.82) is 0 Å². The highest BCUT2D eigenvalue weighted by atomic mass is 19.1. The molecule has 0 saturated carbocycles. The van der Waals surface area contributed by atoms with Crippen LogP contribution in [0, 0.1) is 11.7 Å².